The minimum atomic E-state index is -0.112. The molecule has 0 bridgehead atoms. The molecule has 1 saturated carbocycles. The van der Waals surface area contributed by atoms with E-state index in [0.29, 0.717) is 0 Å². The zero-order chi connectivity index (χ0) is 13.9. The maximum atomic E-state index is 9.65. The predicted molar refractivity (Wildman–Crippen MR) is 79.7 cm³/mol. The van der Waals surface area contributed by atoms with Crippen molar-refractivity contribution >= 4 is 0 Å². The predicted octanol–water partition coefficient (Wildman–Crippen LogP) is 4.89. The molecule has 0 N–H and O–H groups in total. The summed E-state index contributed by atoms with van der Waals surface area (Å²) in [5.41, 5.74) is 2.50. The largest absolute Gasteiger partial charge is 0.198 e. The average Bonchev–Trinajstić information content (AvgIpc) is 2.39. The first-order valence-corrected chi connectivity index (χ1v) is 7.51. The van der Waals surface area contributed by atoms with Gasteiger partial charge >= 0.3 is 0 Å². The summed E-state index contributed by atoms with van der Waals surface area (Å²) in [5, 5.41) is 9.65. The molecule has 0 aromatic heterocycles. The van der Waals surface area contributed by atoms with Gasteiger partial charge in [0.2, 0.25) is 0 Å². The van der Waals surface area contributed by atoms with Crippen LogP contribution in [-0.4, -0.2) is 0 Å². The van der Waals surface area contributed by atoms with Crippen molar-refractivity contribution < 1.29 is 0 Å². The van der Waals surface area contributed by atoms with Gasteiger partial charge in [-0.25, -0.2) is 0 Å². The molecule has 1 aromatic rings. The molecular weight excluding hydrogens is 230 g/mol. The zero-order valence-electron chi connectivity index (χ0n) is 12.4. The second-order valence-corrected chi connectivity index (χ2v) is 6.64. The SMILES string of the molecule is Cc1cccc(CC2(C#N)CCC(C(C)C)CC2)c1. The molecule has 102 valence electrons. The number of nitriles is 1. The fourth-order valence-electron chi connectivity index (χ4n) is 3.40. The fourth-order valence-corrected chi connectivity index (χ4v) is 3.40. The molecule has 1 nitrogen and oxygen atoms in total. The van der Waals surface area contributed by atoms with Crippen molar-refractivity contribution in [3.05, 3.63) is 35.4 Å². The lowest BCUT2D eigenvalue weighted by Crippen LogP contribution is -2.30. The van der Waals surface area contributed by atoms with Crippen molar-refractivity contribution in [2.75, 3.05) is 0 Å². The highest BCUT2D eigenvalue weighted by atomic mass is 14.4. The Labute approximate surface area is 117 Å². The lowest BCUT2D eigenvalue weighted by Gasteiger charge is -2.36. The summed E-state index contributed by atoms with van der Waals surface area (Å²) in [5.74, 6) is 1.58. The van der Waals surface area contributed by atoms with Crippen molar-refractivity contribution in [2.45, 2.75) is 52.9 Å². The van der Waals surface area contributed by atoms with Gasteiger partial charge < -0.3 is 0 Å². The smallest absolute Gasteiger partial charge is 0.0693 e. The molecule has 0 radical (unpaired) electrons. The van der Waals surface area contributed by atoms with Crippen LogP contribution in [0.15, 0.2) is 24.3 Å². The molecule has 0 atom stereocenters. The minimum Gasteiger partial charge on any atom is -0.198 e. The Morgan fingerprint density at radius 1 is 1.32 bits per heavy atom. The topological polar surface area (TPSA) is 23.8 Å². The molecule has 0 spiro atoms. The Kier molecular flexibility index (Phi) is 4.30. The fraction of sp³-hybridized carbons (Fsp3) is 0.611. The third kappa shape index (κ3) is 3.38. The Morgan fingerprint density at radius 3 is 2.53 bits per heavy atom. The Balaban J connectivity index is 2.07. The van der Waals surface area contributed by atoms with Gasteiger partial charge in [0.15, 0.2) is 0 Å². The van der Waals surface area contributed by atoms with Gasteiger partial charge in [-0.05, 0) is 56.4 Å². The Morgan fingerprint density at radius 2 is 2.00 bits per heavy atom. The van der Waals surface area contributed by atoms with Crippen molar-refractivity contribution in [1.29, 1.82) is 5.26 Å². The monoisotopic (exact) mass is 255 g/mol. The zero-order valence-corrected chi connectivity index (χ0v) is 12.4. The van der Waals surface area contributed by atoms with E-state index in [9.17, 15) is 5.26 Å². The second-order valence-electron chi connectivity index (χ2n) is 6.64. The van der Waals surface area contributed by atoms with E-state index in [1.54, 1.807) is 0 Å². The number of benzene rings is 1. The maximum absolute atomic E-state index is 9.65. The number of nitrogens with zero attached hydrogens (tertiary/aromatic N) is 1. The van der Waals surface area contributed by atoms with Crippen LogP contribution < -0.4 is 0 Å². The van der Waals surface area contributed by atoms with Crippen LogP contribution in [0, 0.1) is 35.5 Å². The van der Waals surface area contributed by atoms with Crippen LogP contribution in [0.4, 0.5) is 0 Å². The molecule has 0 saturated heterocycles. The van der Waals surface area contributed by atoms with Gasteiger partial charge in [-0.3, -0.25) is 0 Å². The first-order valence-electron chi connectivity index (χ1n) is 7.51. The molecule has 1 aromatic carbocycles. The third-order valence-electron chi connectivity index (χ3n) is 4.79. The quantitative estimate of drug-likeness (QED) is 0.754. The standard InChI is InChI=1S/C18H25N/c1-14(2)17-7-9-18(13-19,10-8-17)12-16-6-4-5-15(3)11-16/h4-6,11,14,17H,7-10,12H2,1-3H3. The number of rotatable bonds is 3. The normalized spacial score (nSPS) is 27.2. The van der Waals surface area contributed by atoms with E-state index in [4.69, 9.17) is 0 Å². The van der Waals surface area contributed by atoms with Crippen molar-refractivity contribution in [2.24, 2.45) is 17.3 Å². The van der Waals surface area contributed by atoms with Crippen molar-refractivity contribution in [3.63, 3.8) is 0 Å². The lowest BCUT2D eigenvalue weighted by atomic mass is 9.66. The van der Waals surface area contributed by atoms with Crippen LogP contribution in [0.1, 0.15) is 50.7 Å². The van der Waals surface area contributed by atoms with Crippen LogP contribution in [0.2, 0.25) is 0 Å². The van der Waals surface area contributed by atoms with Crippen LogP contribution in [0.25, 0.3) is 0 Å². The van der Waals surface area contributed by atoms with E-state index in [-0.39, 0.29) is 5.41 Å². The van der Waals surface area contributed by atoms with Gasteiger partial charge in [-0.2, -0.15) is 5.26 Å². The molecule has 0 unspecified atom stereocenters. The average molecular weight is 255 g/mol. The summed E-state index contributed by atoms with van der Waals surface area (Å²) in [6, 6.07) is 11.3. The summed E-state index contributed by atoms with van der Waals surface area (Å²) in [4.78, 5) is 0. The molecule has 1 fully saturated rings. The molecule has 0 aliphatic heterocycles. The minimum absolute atomic E-state index is 0.112. The number of hydrogen-bond donors (Lipinski definition) is 0. The molecule has 19 heavy (non-hydrogen) atoms. The van der Waals surface area contributed by atoms with Crippen LogP contribution in [0.5, 0.6) is 0 Å². The van der Waals surface area contributed by atoms with E-state index in [1.165, 1.54) is 24.0 Å². The van der Waals surface area contributed by atoms with E-state index in [1.807, 2.05) is 0 Å². The molecular formula is C18H25N. The highest BCUT2D eigenvalue weighted by Gasteiger charge is 2.36. The van der Waals surface area contributed by atoms with E-state index >= 15 is 0 Å². The molecule has 0 heterocycles. The number of hydrogen-bond acceptors (Lipinski definition) is 1. The van der Waals surface area contributed by atoms with Crippen LogP contribution in [-0.2, 0) is 6.42 Å². The third-order valence-corrected chi connectivity index (χ3v) is 4.79. The van der Waals surface area contributed by atoms with Gasteiger partial charge in [-0.15, -0.1) is 0 Å². The van der Waals surface area contributed by atoms with Gasteiger partial charge in [0, 0.05) is 0 Å². The van der Waals surface area contributed by atoms with Gasteiger partial charge in [0.25, 0.3) is 0 Å². The lowest BCUT2D eigenvalue weighted by molar-refractivity contribution is 0.175. The van der Waals surface area contributed by atoms with Gasteiger partial charge in [-0.1, -0.05) is 43.7 Å². The Hall–Kier alpha value is -1.29. The molecule has 0 amide bonds. The summed E-state index contributed by atoms with van der Waals surface area (Å²) in [6.07, 6.45) is 5.50. The summed E-state index contributed by atoms with van der Waals surface area (Å²) in [6.45, 7) is 6.74. The summed E-state index contributed by atoms with van der Waals surface area (Å²) < 4.78 is 0. The molecule has 1 aliphatic rings. The first kappa shape index (κ1) is 14.1. The highest BCUT2D eigenvalue weighted by Crippen LogP contribution is 2.43. The van der Waals surface area contributed by atoms with Crippen molar-refractivity contribution in [3.8, 4) is 6.07 Å². The maximum Gasteiger partial charge on any atom is 0.0693 e. The van der Waals surface area contributed by atoms with Crippen LogP contribution >= 0.6 is 0 Å². The first-order chi connectivity index (χ1) is 9.04. The van der Waals surface area contributed by atoms with E-state index in [2.05, 4.69) is 51.1 Å². The molecule has 1 heteroatoms. The summed E-state index contributed by atoms with van der Waals surface area (Å²) in [7, 11) is 0. The Bertz CT molecular complexity index is 459. The van der Waals surface area contributed by atoms with Crippen molar-refractivity contribution in [1.82, 2.24) is 0 Å². The van der Waals surface area contributed by atoms with Gasteiger partial charge in [0.05, 0.1) is 11.5 Å². The molecule has 1 aliphatic carbocycles. The molecule has 2 rings (SSSR count). The highest BCUT2D eigenvalue weighted by molar-refractivity contribution is 5.25. The second kappa shape index (κ2) is 5.78. The van der Waals surface area contributed by atoms with E-state index < -0.39 is 0 Å². The van der Waals surface area contributed by atoms with Crippen LogP contribution in [0.3, 0.4) is 0 Å². The van der Waals surface area contributed by atoms with Gasteiger partial charge in [0.1, 0.15) is 0 Å². The summed E-state index contributed by atoms with van der Waals surface area (Å²) >= 11 is 0. The number of aryl methyl sites for hydroxylation is 1. The van der Waals surface area contributed by atoms with E-state index in [0.717, 1.165) is 31.1 Å².